The highest BCUT2D eigenvalue weighted by Gasteiger charge is 2.17. The quantitative estimate of drug-likeness (QED) is 0.364. The molecule has 2 aliphatic rings. The van der Waals surface area contributed by atoms with Crippen LogP contribution in [0.5, 0.6) is 0 Å². The number of rotatable bonds is 0. The lowest BCUT2D eigenvalue weighted by Gasteiger charge is -2.11. The van der Waals surface area contributed by atoms with E-state index in [1.807, 2.05) is 32.0 Å². The van der Waals surface area contributed by atoms with Gasteiger partial charge in [-0.25, -0.2) is 4.98 Å². The minimum Gasteiger partial charge on any atom is -0.452 e. The average Bonchev–Trinajstić information content (AvgIpc) is 2.51. The predicted octanol–water partition coefficient (Wildman–Crippen LogP) is 3.46. The summed E-state index contributed by atoms with van der Waals surface area (Å²) in [7, 11) is 0. The number of aromatic nitrogens is 2. The largest absolute Gasteiger partial charge is 0.452 e. The van der Waals surface area contributed by atoms with Crippen LogP contribution < -0.4 is 5.43 Å². The number of hydrogen-bond donors (Lipinski definition) is 0. The molecule has 0 saturated carbocycles. The summed E-state index contributed by atoms with van der Waals surface area (Å²) in [4.78, 5) is 21.0. The van der Waals surface area contributed by atoms with Crippen LogP contribution in [0.3, 0.4) is 0 Å². The molecule has 4 nitrogen and oxygen atoms in total. The highest BCUT2D eigenvalue weighted by Crippen LogP contribution is 2.31. The van der Waals surface area contributed by atoms with Crippen molar-refractivity contribution < 1.29 is 4.42 Å². The Hall–Kier alpha value is -2.75. The first kappa shape index (κ1) is 12.0. The van der Waals surface area contributed by atoms with Gasteiger partial charge in [0.25, 0.3) is 0 Å². The minimum atomic E-state index is -0.145. The topological polar surface area (TPSA) is 56.0 Å². The standard InChI is InChI=1S/C17H12N2O2/c1-9-5-6-12-17(10(9)2)21-14-8-13(20)15-11(16(14)19-12)4-3-7-18-15/h3-8H,1-2H3. The number of aryl methyl sites for hydroxylation is 2. The van der Waals surface area contributed by atoms with Crippen LogP contribution >= 0.6 is 0 Å². The molecule has 4 heteroatoms. The van der Waals surface area contributed by atoms with Crippen molar-refractivity contribution in [3.8, 4) is 11.5 Å². The number of hydrogen-bond acceptors (Lipinski definition) is 4. The Morgan fingerprint density at radius 3 is 2.86 bits per heavy atom. The summed E-state index contributed by atoms with van der Waals surface area (Å²) in [6.07, 6.45) is 1.61. The van der Waals surface area contributed by atoms with E-state index >= 15 is 0 Å². The third-order valence-corrected chi connectivity index (χ3v) is 3.89. The van der Waals surface area contributed by atoms with E-state index in [4.69, 9.17) is 4.42 Å². The summed E-state index contributed by atoms with van der Waals surface area (Å²) in [5, 5.41) is 0.726. The van der Waals surface area contributed by atoms with E-state index < -0.39 is 0 Å². The van der Waals surface area contributed by atoms with Gasteiger partial charge in [-0.2, -0.15) is 0 Å². The van der Waals surface area contributed by atoms with E-state index in [1.165, 1.54) is 6.07 Å². The lowest BCUT2D eigenvalue weighted by atomic mass is 10.1. The van der Waals surface area contributed by atoms with Crippen molar-refractivity contribution in [2.75, 3.05) is 0 Å². The maximum Gasteiger partial charge on any atom is 0.208 e. The SMILES string of the molecule is Cc1ccc2nc3c4cccnc4c(=O)cc-3oc2c1C. The van der Waals surface area contributed by atoms with Gasteiger partial charge in [-0.05, 0) is 43.2 Å². The molecule has 0 fully saturated rings. The Balaban J connectivity index is 2.27. The van der Waals surface area contributed by atoms with Gasteiger partial charge in [0.05, 0.1) is 0 Å². The van der Waals surface area contributed by atoms with Crippen LogP contribution in [0.25, 0.3) is 33.5 Å². The third kappa shape index (κ3) is 1.65. The van der Waals surface area contributed by atoms with E-state index in [9.17, 15) is 4.79 Å². The van der Waals surface area contributed by atoms with Crippen LogP contribution in [0.15, 0.2) is 45.7 Å². The van der Waals surface area contributed by atoms with Gasteiger partial charge in [-0.15, -0.1) is 0 Å². The Bertz CT molecular complexity index is 1030. The van der Waals surface area contributed by atoms with Crippen LogP contribution in [-0.4, -0.2) is 9.97 Å². The fourth-order valence-electron chi connectivity index (χ4n) is 2.60. The van der Waals surface area contributed by atoms with E-state index in [-0.39, 0.29) is 5.43 Å². The second-order valence-electron chi connectivity index (χ2n) is 5.19. The maximum atomic E-state index is 12.1. The van der Waals surface area contributed by atoms with Crippen molar-refractivity contribution in [1.82, 2.24) is 9.97 Å². The molecule has 1 aliphatic heterocycles. The first-order valence-electron chi connectivity index (χ1n) is 6.73. The van der Waals surface area contributed by atoms with Crippen LogP contribution in [0.4, 0.5) is 0 Å². The summed E-state index contributed by atoms with van der Waals surface area (Å²) < 4.78 is 5.96. The Morgan fingerprint density at radius 2 is 2.00 bits per heavy atom. The molecule has 102 valence electrons. The van der Waals surface area contributed by atoms with Gasteiger partial charge in [0.2, 0.25) is 5.43 Å². The van der Waals surface area contributed by atoms with Crippen LogP contribution in [0.2, 0.25) is 0 Å². The van der Waals surface area contributed by atoms with Crippen molar-refractivity contribution in [3.63, 3.8) is 0 Å². The average molecular weight is 276 g/mol. The van der Waals surface area contributed by atoms with Gasteiger partial charge in [0.1, 0.15) is 16.7 Å². The van der Waals surface area contributed by atoms with Gasteiger partial charge in [0.15, 0.2) is 11.3 Å². The Labute approximate surface area is 120 Å². The normalized spacial score (nSPS) is 11.5. The van der Waals surface area contributed by atoms with E-state index in [0.29, 0.717) is 17.0 Å². The van der Waals surface area contributed by atoms with Crippen molar-refractivity contribution >= 4 is 22.0 Å². The lowest BCUT2D eigenvalue weighted by Crippen LogP contribution is -2.05. The molecule has 1 aromatic carbocycles. The van der Waals surface area contributed by atoms with Crippen LogP contribution in [-0.2, 0) is 0 Å². The zero-order valence-corrected chi connectivity index (χ0v) is 11.7. The molecule has 0 atom stereocenters. The molecule has 21 heavy (non-hydrogen) atoms. The van der Waals surface area contributed by atoms with Crippen molar-refractivity contribution in [2.24, 2.45) is 0 Å². The molecule has 2 heterocycles. The van der Waals surface area contributed by atoms with Gasteiger partial charge in [0, 0.05) is 17.6 Å². The van der Waals surface area contributed by atoms with E-state index in [0.717, 1.165) is 27.6 Å². The molecule has 0 bridgehead atoms. The van der Waals surface area contributed by atoms with Crippen LogP contribution in [0.1, 0.15) is 11.1 Å². The summed E-state index contributed by atoms with van der Waals surface area (Å²) in [6.45, 7) is 4.02. The fraction of sp³-hybridized carbons (Fsp3) is 0.118. The maximum absolute atomic E-state index is 12.1. The number of nitrogens with zero attached hydrogens (tertiary/aromatic N) is 2. The molecular weight excluding hydrogens is 264 g/mol. The van der Waals surface area contributed by atoms with Gasteiger partial charge in [-0.1, -0.05) is 6.07 Å². The molecule has 1 aromatic heterocycles. The predicted molar refractivity (Wildman–Crippen MR) is 81.7 cm³/mol. The Kier molecular flexibility index (Phi) is 2.36. The van der Waals surface area contributed by atoms with Crippen molar-refractivity contribution in [2.45, 2.75) is 13.8 Å². The zero-order valence-electron chi connectivity index (χ0n) is 11.7. The van der Waals surface area contributed by atoms with Gasteiger partial charge < -0.3 is 4.42 Å². The summed E-state index contributed by atoms with van der Waals surface area (Å²) in [5.41, 5.74) is 4.65. The second-order valence-corrected chi connectivity index (χ2v) is 5.19. The number of benzene rings is 2. The third-order valence-electron chi connectivity index (χ3n) is 3.89. The molecule has 0 radical (unpaired) electrons. The first-order valence-corrected chi connectivity index (χ1v) is 6.73. The summed E-state index contributed by atoms with van der Waals surface area (Å²) in [6, 6.07) is 9.08. The first-order chi connectivity index (χ1) is 10.1. The minimum absolute atomic E-state index is 0.145. The van der Waals surface area contributed by atoms with E-state index in [1.54, 1.807) is 12.3 Å². The molecule has 4 rings (SSSR count). The lowest BCUT2D eigenvalue weighted by molar-refractivity contribution is 0.610. The molecule has 1 aliphatic carbocycles. The number of pyridine rings is 1. The molecule has 0 N–H and O–H groups in total. The smallest absolute Gasteiger partial charge is 0.208 e. The second kappa shape index (κ2) is 4.12. The van der Waals surface area contributed by atoms with Crippen molar-refractivity contribution in [3.05, 3.63) is 57.9 Å². The fourth-order valence-corrected chi connectivity index (χ4v) is 2.60. The zero-order chi connectivity index (χ0) is 14.6. The summed E-state index contributed by atoms with van der Waals surface area (Å²) >= 11 is 0. The molecular formula is C17H12N2O2. The highest BCUT2D eigenvalue weighted by molar-refractivity contribution is 5.94. The summed E-state index contributed by atoms with van der Waals surface area (Å²) in [5.74, 6) is 0.502. The Morgan fingerprint density at radius 1 is 1.14 bits per heavy atom. The molecule has 0 amide bonds. The highest BCUT2D eigenvalue weighted by atomic mass is 16.3. The van der Waals surface area contributed by atoms with Gasteiger partial charge in [-0.3, -0.25) is 9.78 Å². The molecule has 0 saturated heterocycles. The van der Waals surface area contributed by atoms with Gasteiger partial charge >= 0.3 is 0 Å². The molecule has 0 spiro atoms. The monoisotopic (exact) mass is 276 g/mol. The molecule has 2 aromatic rings. The van der Waals surface area contributed by atoms with E-state index in [2.05, 4.69) is 9.97 Å². The molecule has 0 unspecified atom stereocenters. The number of fused-ring (bicyclic) bond motifs is 4. The van der Waals surface area contributed by atoms with Crippen molar-refractivity contribution in [1.29, 1.82) is 0 Å². The van der Waals surface area contributed by atoms with Crippen LogP contribution in [0, 0.1) is 13.8 Å².